The Morgan fingerprint density at radius 3 is 2.69 bits per heavy atom. The van der Waals surface area contributed by atoms with Gasteiger partial charge < -0.3 is 20.3 Å². The summed E-state index contributed by atoms with van der Waals surface area (Å²) in [4.78, 5) is 31.9. The van der Waals surface area contributed by atoms with E-state index in [2.05, 4.69) is 15.6 Å². The Morgan fingerprint density at radius 1 is 1.17 bits per heavy atom. The number of nitrogens with one attached hydrogen (secondary N) is 2. The van der Waals surface area contributed by atoms with E-state index in [0.717, 1.165) is 5.56 Å². The molecular weight excluding hydrogens is 370 g/mol. The molecule has 0 aliphatic rings. The van der Waals surface area contributed by atoms with Gasteiger partial charge in [0.05, 0.1) is 18.3 Å². The molecule has 8 heteroatoms. The van der Waals surface area contributed by atoms with E-state index in [9.17, 15) is 9.59 Å². The van der Waals surface area contributed by atoms with Crippen LogP contribution in [0.4, 0.5) is 5.69 Å². The fraction of sp³-hybridized carbons (Fsp3) is 0.286. The second kappa shape index (κ2) is 8.74. The number of likely N-dealkylation sites (N-methyl/N-ethyl adjacent to an activating group) is 1. The van der Waals surface area contributed by atoms with Crippen LogP contribution in [0.25, 0.3) is 5.52 Å². The van der Waals surface area contributed by atoms with Gasteiger partial charge in [-0.15, -0.1) is 0 Å². The van der Waals surface area contributed by atoms with Gasteiger partial charge in [-0.25, -0.2) is 4.98 Å². The number of fused-ring (bicyclic) bond motifs is 1. The third-order valence-corrected chi connectivity index (χ3v) is 4.41. The van der Waals surface area contributed by atoms with Crippen LogP contribution in [-0.2, 0) is 0 Å². The van der Waals surface area contributed by atoms with E-state index < -0.39 is 5.91 Å². The smallest absolute Gasteiger partial charge is 0.287 e. The van der Waals surface area contributed by atoms with Gasteiger partial charge in [0.25, 0.3) is 11.8 Å². The maximum atomic E-state index is 13.0. The summed E-state index contributed by atoms with van der Waals surface area (Å²) in [5.74, 6) is -0.0278. The first kappa shape index (κ1) is 20.3. The summed E-state index contributed by atoms with van der Waals surface area (Å²) in [5, 5.41) is 5.68. The number of methoxy groups -OCH3 is 1. The number of anilines is 1. The summed E-state index contributed by atoms with van der Waals surface area (Å²) in [6.45, 7) is 3.11. The van der Waals surface area contributed by atoms with E-state index in [4.69, 9.17) is 4.74 Å². The van der Waals surface area contributed by atoms with Crippen molar-refractivity contribution in [2.45, 2.75) is 6.92 Å². The maximum Gasteiger partial charge on any atom is 0.287 e. The molecule has 0 bridgehead atoms. The lowest BCUT2D eigenvalue weighted by molar-refractivity contribution is 0.0940. The Kier molecular flexibility index (Phi) is 6.13. The van der Waals surface area contributed by atoms with Crippen LogP contribution >= 0.6 is 0 Å². The average Bonchev–Trinajstić information content (AvgIpc) is 3.08. The first-order valence-electron chi connectivity index (χ1n) is 9.26. The third kappa shape index (κ3) is 4.55. The molecule has 0 saturated carbocycles. The van der Waals surface area contributed by atoms with Crippen molar-refractivity contribution in [3.63, 3.8) is 0 Å². The highest BCUT2D eigenvalue weighted by Gasteiger charge is 2.22. The zero-order valence-electron chi connectivity index (χ0n) is 17.0. The molecule has 2 aromatic heterocycles. The highest BCUT2D eigenvalue weighted by molar-refractivity contribution is 6.09. The van der Waals surface area contributed by atoms with E-state index in [1.165, 1.54) is 0 Å². The minimum Gasteiger partial charge on any atom is -0.495 e. The molecule has 0 fully saturated rings. The standard InChI is InChI=1S/C21H25N5O3/c1-14-8-9-17(29-4)15(13-14)23-20(27)18-16-7-5-6-11-26(16)19(24-18)21(28)22-10-12-25(2)3/h5-9,11,13H,10,12H2,1-4H3,(H,22,28)(H,23,27). The highest BCUT2D eigenvalue weighted by Crippen LogP contribution is 2.26. The van der Waals surface area contributed by atoms with E-state index in [0.29, 0.717) is 30.0 Å². The summed E-state index contributed by atoms with van der Waals surface area (Å²) < 4.78 is 6.94. The topological polar surface area (TPSA) is 88.0 Å². The lowest BCUT2D eigenvalue weighted by atomic mass is 10.2. The summed E-state index contributed by atoms with van der Waals surface area (Å²) >= 11 is 0. The molecule has 2 N–H and O–H groups in total. The lowest BCUT2D eigenvalue weighted by Gasteiger charge is -2.10. The van der Waals surface area contributed by atoms with E-state index in [-0.39, 0.29) is 17.4 Å². The monoisotopic (exact) mass is 395 g/mol. The van der Waals surface area contributed by atoms with Crippen LogP contribution < -0.4 is 15.4 Å². The number of amides is 2. The predicted octanol–water partition coefficient (Wildman–Crippen LogP) is 2.20. The summed E-state index contributed by atoms with van der Waals surface area (Å²) in [6.07, 6.45) is 1.72. The Bertz CT molecular complexity index is 1040. The van der Waals surface area contributed by atoms with Crippen LogP contribution in [0.5, 0.6) is 5.75 Å². The summed E-state index contributed by atoms with van der Waals surface area (Å²) in [5.41, 5.74) is 2.25. The number of benzene rings is 1. The number of hydrogen-bond acceptors (Lipinski definition) is 5. The van der Waals surface area contributed by atoms with Gasteiger partial charge in [0.1, 0.15) is 5.75 Å². The first-order chi connectivity index (χ1) is 13.9. The minimum atomic E-state index is -0.412. The van der Waals surface area contributed by atoms with Crippen LogP contribution in [0.3, 0.4) is 0 Å². The predicted molar refractivity (Wildman–Crippen MR) is 112 cm³/mol. The lowest BCUT2D eigenvalue weighted by Crippen LogP contribution is -2.32. The molecule has 2 amide bonds. The zero-order valence-corrected chi connectivity index (χ0v) is 17.0. The van der Waals surface area contributed by atoms with Gasteiger partial charge in [0.15, 0.2) is 5.69 Å². The molecule has 0 aliphatic carbocycles. The fourth-order valence-corrected chi connectivity index (χ4v) is 2.94. The van der Waals surface area contributed by atoms with Crippen molar-refractivity contribution >= 4 is 23.0 Å². The number of nitrogens with zero attached hydrogens (tertiary/aromatic N) is 3. The Balaban J connectivity index is 1.91. The molecule has 3 rings (SSSR count). The van der Waals surface area contributed by atoms with Gasteiger partial charge in [-0.05, 0) is 50.8 Å². The van der Waals surface area contributed by atoms with Gasteiger partial charge in [-0.2, -0.15) is 0 Å². The Hall–Kier alpha value is -3.39. The van der Waals surface area contributed by atoms with Gasteiger partial charge in [0.2, 0.25) is 5.82 Å². The number of rotatable bonds is 7. The normalized spacial score (nSPS) is 10.9. The highest BCUT2D eigenvalue weighted by atomic mass is 16.5. The number of carbonyl (C=O) groups is 2. The second-order valence-electron chi connectivity index (χ2n) is 6.96. The van der Waals surface area contributed by atoms with Crippen molar-refractivity contribution in [2.24, 2.45) is 0 Å². The van der Waals surface area contributed by atoms with E-state index in [1.807, 2.05) is 38.1 Å². The van der Waals surface area contributed by atoms with Crippen molar-refractivity contribution < 1.29 is 14.3 Å². The Morgan fingerprint density at radius 2 is 1.97 bits per heavy atom. The van der Waals surface area contributed by atoms with Gasteiger partial charge in [0, 0.05) is 19.3 Å². The number of ether oxygens (including phenoxy) is 1. The summed E-state index contributed by atoms with van der Waals surface area (Å²) in [7, 11) is 5.40. The molecule has 0 radical (unpaired) electrons. The van der Waals surface area contributed by atoms with Gasteiger partial charge in [-0.3, -0.25) is 14.0 Å². The molecule has 152 valence electrons. The van der Waals surface area contributed by atoms with Crippen LogP contribution in [-0.4, -0.2) is 60.4 Å². The quantitative estimate of drug-likeness (QED) is 0.640. The van der Waals surface area contributed by atoms with Crippen LogP contribution in [0.15, 0.2) is 42.6 Å². The molecule has 0 unspecified atom stereocenters. The molecule has 29 heavy (non-hydrogen) atoms. The second-order valence-corrected chi connectivity index (χ2v) is 6.96. The molecule has 0 aliphatic heterocycles. The number of pyridine rings is 1. The van der Waals surface area contributed by atoms with E-state index in [1.54, 1.807) is 42.0 Å². The van der Waals surface area contributed by atoms with Crippen molar-refractivity contribution in [3.05, 3.63) is 59.7 Å². The Labute approximate surface area is 169 Å². The van der Waals surface area contributed by atoms with Gasteiger partial charge in [-0.1, -0.05) is 12.1 Å². The minimum absolute atomic E-state index is 0.167. The molecule has 2 heterocycles. The van der Waals surface area contributed by atoms with Crippen LogP contribution in [0.2, 0.25) is 0 Å². The number of aromatic nitrogens is 2. The van der Waals surface area contributed by atoms with E-state index >= 15 is 0 Å². The number of carbonyl (C=O) groups excluding carboxylic acids is 2. The number of hydrogen-bond donors (Lipinski definition) is 2. The first-order valence-corrected chi connectivity index (χ1v) is 9.26. The average molecular weight is 395 g/mol. The fourth-order valence-electron chi connectivity index (χ4n) is 2.94. The molecular formula is C21H25N5O3. The molecule has 0 saturated heterocycles. The molecule has 0 atom stereocenters. The summed E-state index contributed by atoms with van der Waals surface area (Å²) in [6, 6.07) is 10.9. The van der Waals surface area contributed by atoms with Crippen LogP contribution in [0, 0.1) is 6.92 Å². The number of aryl methyl sites for hydroxylation is 1. The van der Waals surface area contributed by atoms with Gasteiger partial charge >= 0.3 is 0 Å². The zero-order chi connectivity index (χ0) is 21.0. The van der Waals surface area contributed by atoms with Crippen molar-refractivity contribution in [3.8, 4) is 5.75 Å². The maximum absolute atomic E-state index is 13.0. The largest absolute Gasteiger partial charge is 0.495 e. The van der Waals surface area contributed by atoms with Crippen molar-refractivity contribution in [2.75, 3.05) is 39.6 Å². The third-order valence-electron chi connectivity index (χ3n) is 4.41. The number of imidazole rings is 1. The van der Waals surface area contributed by atoms with Crippen molar-refractivity contribution in [1.82, 2.24) is 19.6 Å². The molecule has 3 aromatic rings. The molecule has 0 spiro atoms. The van der Waals surface area contributed by atoms with Crippen molar-refractivity contribution in [1.29, 1.82) is 0 Å². The SMILES string of the molecule is COc1ccc(C)cc1NC(=O)c1nc(C(=O)NCCN(C)C)n2ccccc12. The molecule has 8 nitrogen and oxygen atoms in total. The van der Waals surface area contributed by atoms with Crippen LogP contribution in [0.1, 0.15) is 26.7 Å². The molecule has 1 aromatic carbocycles.